The highest BCUT2D eigenvalue weighted by atomic mass is 16.7. The van der Waals surface area contributed by atoms with Crippen LogP contribution in [-0.4, -0.2) is 146 Å². The quantitative estimate of drug-likeness (QED) is 0.0687. The maximum atomic E-state index is 10.8. The highest BCUT2D eigenvalue weighted by Crippen LogP contribution is 2.33. The van der Waals surface area contributed by atoms with Gasteiger partial charge in [0.05, 0.1) is 46.2 Å². The van der Waals surface area contributed by atoms with Gasteiger partial charge in [-0.3, -0.25) is 0 Å². The highest BCUT2D eigenvalue weighted by molar-refractivity contribution is 5.75. The van der Waals surface area contributed by atoms with Crippen molar-refractivity contribution in [2.24, 2.45) is 10.1 Å². The van der Waals surface area contributed by atoms with Crippen molar-refractivity contribution in [2.45, 2.75) is 68.3 Å². The number of aliphatic imine (C=N–C) groups is 1. The van der Waals surface area contributed by atoms with E-state index in [2.05, 4.69) is 15.0 Å². The van der Waals surface area contributed by atoms with Gasteiger partial charge in [0.15, 0.2) is 12.2 Å². The van der Waals surface area contributed by atoms with Gasteiger partial charge in [-0.2, -0.15) is 0 Å². The van der Waals surface area contributed by atoms with Crippen LogP contribution in [0, 0.1) is 0 Å². The van der Waals surface area contributed by atoms with Gasteiger partial charge in [0, 0.05) is 18.4 Å². The van der Waals surface area contributed by atoms with Gasteiger partial charge in [-0.1, -0.05) is 5.11 Å². The summed E-state index contributed by atoms with van der Waals surface area (Å²) in [6, 6.07) is -0.801. The Labute approximate surface area is 206 Å². The lowest BCUT2D eigenvalue weighted by atomic mass is 9.96. The number of aliphatic hydroxyl groups is 5. The van der Waals surface area contributed by atoms with Crippen LogP contribution in [0.4, 0.5) is 0 Å². The molecule has 3 rings (SSSR count). The second kappa shape index (κ2) is 14.3. The van der Waals surface area contributed by atoms with Gasteiger partial charge in [0.25, 0.3) is 0 Å². The molecule has 16 nitrogen and oxygen atoms in total. The average Bonchev–Trinajstić information content (AvgIpc) is 3.25. The van der Waals surface area contributed by atoms with Crippen LogP contribution in [0.3, 0.4) is 0 Å². The average molecular weight is 523 g/mol. The van der Waals surface area contributed by atoms with E-state index in [1.807, 2.05) is 0 Å². The van der Waals surface area contributed by atoms with Crippen LogP contribution in [-0.2, 0) is 33.2 Å². The maximum Gasteiger partial charge on any atom is 0.227 e. The highest BCUT2D eigenvalue weighted by Gasteiger charge is 2.53. The molecule has 206 valence electrons. The second-order valence-electron chi connectivity index (χ2n) is 8.29. The van der Waals surface area contributed by atoms with E-state index in [0.717, 1.165) is 0 Å². The Bertz CT molecular complexity index is 756. The summed E-state index contributed by atoms with van der Waals surface area (Å²) in [5, 5.41) is 54.8. The van der Waals surface area contributed by atoms with Gasteiger partial charge in [-0.15, -0.1) is 0 Å². The summed E-state index contributed by atoms with van der Waals surface area (Å²) in [6.07, 6.45) is -11.0. The summed E-state index contributed by atoms with van der Waals surface area (Å²) >= 11 is 0. The topological polar surface area (TPSA) is 227 Å². The molecule has 3 heterocycles. The molecule has 3 aliphatic rings. The number of hydrogen-bond acceptors (Lipinski definition) is 14. The van der Waals surface area contributed by atoms with Crippen LogP contribution >= 0.6 is 0 Å². The molecule has 0 radical (unpaired) electrons. The molecule has 2 fully saturated rings. The summed E-state index contributed by atoms with van der Waals surface area (Å²) in [5.41, 5.74) is 8.18. The summed E-state index contributed by atoms with van der Waals surface area (Å²) < 4.78 is 38.5. The van der Waals surface area contributed by atoms with E-state index < -0.39 is 74.6 Å². The van der Waals surface area contributed by atoms with E-state index in [1.165, 1.54) is 0 Å². The molecule has 0 amide bonds. The van der Waals surface area contributed by atoms with E-state index in [4.69, 9.17) is 38.7 Å². The molecule has 0 saturated carbocycles. The first kappa shape index (κ1) is 28.9. The number of aliphatic hydroxyl groups excluding tert-OH is 5. The number of nitrogens with zero attached hydrogens (tertiary/aromatic N) is 4. The second-order valence-corrected chi connectivity index (χ2v) is 8.29. The zero-order valence-electron chi connectivity index (χ0n) is 19.8. The Balaban J connectivity index is 1.52. The van der Waals surface area contributed by atoms with E-state index >= 15 is 0 Å². The normalized spacial score (nSPS) is 38.1. The molecule has 0 aromatic rings. The lowest BCUT2D eigenvalue weighted by molar-refractivity contribution is -0.345. The molecule has 0 spiro atoms. The van der Waals surface area contributed by atoms with Crippen LogP contribution in [0.5, 0.6) is 0 Å². The lowest BCUT2D eigenvalue weighted by Crippen LogP contribution is -2.64. The van der Waals surface area contributed by atoms with Crippen molar-refractivity contribution >= 4 is 5.90 Å². The van der Waals surface area contributed by atoms with Gasteiger partial charge in [-0.05, 0) is 5.53 Å². The third-order valence-corrected chi connectivity index (χ3v) is 5.86. The molecule has 5 N–H and O–H groups in total. The molecular formula is C20H34N4O12. The minimum Gasteiger partial charge on any atom is -0.450 e. The summed E-state index contributed by atoms with van der Waals surface area (Å²) in [5.74, 6) is 0.314. The first-order valence-corrected chi connectivity index (χ1v) is 11.6. The minimum atomic E-state index is -1.51. The van der Waals surface area contributed by atoms with E-state index in [1.54, 1.807) is 6.92 Å². The Morgan fingerprint density at radius 1 is 0.917 bits per heavy atom. The predicted octanol–water partition coefficient (Wildman–Crippen LogP) is -2.57. The van der Waals surface area contributed by atoms with Crippen molar-refractivity contribution < 1.29 is 58.7 Å². The van der Waals surface area contributed by atoms with Crippen molar-refractivity contribution in [3.05, 3.63) is 10.4 Å². The van der Waals surface area contributed by atoms with Crippen LogP contribution in [0.15, 0.2) is 10.1 Å². The molecule has 36 heavy (non-hydrogen) atoms. The fourth-order valence-corrected chi connectivity index (χ4v) is 4.10. The van der Waals surface area contributed by atoms with Crippen LogP contribution < -0.4 is 0 Å². The van der Waals surface area contributed by atoms with Crippen molar-refractivity contribution in [2.75, 3.05) is 52.8 Å². The molecular weight excluding hydrogens is 488 g/mol. The van der Waals surface area contributed by atoms with Gasteiger partial charge in [-0.25, -0.2) is 4.99 Å². The van der Waals surface area contributed by atoms with Crippen LogP contribution in [0.1, 0.15) is 6.92 Å². The Morgan fingerprint density at radius 2 is 1.61 bits per heavy atom. The maximum absolute atomic E-state index is 10.8. The van der Waals surface area contributed by atoms with Crippen LogP contribution in [0.2, 0.25) is 0 Å². The SMILES string of the molecule is CC1=N[C@H]2[C@@H](O1)O[C@H](CO)[C@@H](O[C@@H]1O[C@H](CO)[C@@H](O)[C@H](OCCOCCOCCN=[N+]=[N-])[C@@H]1O)[C@@H]2O. The molecule has 0 unspecified atom stereocenters. The standard InChI is InChI=1S/C20H34N4O12/c1-10-23-13-15(28)17(12(9-26)35-19(13)33-10)36-20-16(29)18(14(27)11(8-25)34-20)32-7-6-31-5-4-30-3-2-22-24-21/h11-20,25-29H,2-9H2,1H3/t11-,12-,13-,14-,15-,16+,17-,18+,19+,20+/m1/s1. The number of fused-ring (bicyclic) bond motifs is 1. The smallest absolute Gasteiger partial charge is 0.227 e. The zero-order valence-corrected chi connectivity index (χ0v) is 19.8. The van der Waals surface area contributed by atoms with Gasteiger partial charge in [0.1, 0.15) is 48.8 Å². The predicted molar refractivity (Wildman–Crippen MR) is 118 cm³/mol. The molecule has 0 aromatic carbocycles. The van der Waals surface area contributed by atoms with Crippen molar-refractivity contribution in [1.82, 2.24) is 0 Å². The third kappa shape index (κ3) is 7.22. The largest absolute Gasteiger partial charge is 0.450 e. The molecule has 2 saturated heterocycles. The van der Waals surface area contributed by atoms with Gasteiger partial charge < -0.3 is 58.7 Å². The number of hydrogen-bond donors (Lipinski definition) is 5. The zero-order chi connectivity index (χ0) is 26.1. The lowest BCUT2D eigenvalue weighted by Gasteiger charge is -2.45. The Kier molecular flexibility index (Phi) is 11.5. The van der Waals surface area contributed by atoms with Crippen molar-refractivity contribution in [3.63, 3.8) is 0 Å². The Morgan fingerprint density at radius 3 is 2.31 bits per heavy atom. The monoisotopic (exact) mass is 522 g/mol. The van der Waals surface area contributed by atoms with Gasteiger partial charge >= 0.3 is 0 Å². The molecule has 16 heteroatoms. The summed E-state index contributed by atoms with van der Waals surface area (Å²) in [6.45, 7) is 1.62. The van der Waals surface area contributed by atoms with E-state index in [9.17, 15) is 25.5 Å². The number of rotatable bonds is 14. The Hall–Kier alpha value is -1.66. The molecule has 0 bridgehead atoms. The van der Waals surface area contributed by atoms with Gasteiger partial charge in [0.2, 0.25) is 6.29 Å². The first-order chi connectivity index (χ1) is 17.4. The van der Waals surface area contributed by atoms with Crippen LogP contribution in [0.25, 0.3) is 10.4 Å². The third-order valence-electron chi connectivity index (χ3n) is 5.86. The minimum absolute atomic E-state index is 0.00804. The number of azide groups is 1. The molecule has 0 aliphatic carbocycles. The molecule has 10 atom stereocenters. The molecule has 0 aromatic heterocycles. The van der Waals surface area contributed by atoms with E-state index in [0.29, 0.717) is 5.90 Å². The summed E-state index contributed by atoms with van der Waals surface area (Å²) in [7, 11) is 0. The van der Waals surface area contributed by atoms with E-state index in [-0.39, 0.29) is 39.6 Å². The van der Waals surface area contributed by atoms with Crippen molar-refractivity contribution in [1.29, 1.82) is 0 Å². The fourth-order valence-electron chi connectivity index (χ4n) is 4.10. The number of ether oxygens (including phenoxy) is 7. The fraction of sp³-hybridized carbons (Fsp3) is 0.950. The summed E-state index contributed by atoms with van der Waals surface area (Å²) in [4.78, 5) is 6.79. The molecule has 3 aliphatic heterocycles. The van der Waals surface area contributed by atoms with Crippen molar-refractivity contribution in [3.8, 4) is 0 Å². The first-order valence-electron chi connectivity index (χ1n) is 11.6.